The average Bonchev–Trinajstić information content (AvgIpc) is 2.67. The zero-order chi connectivity index (χ0) is 9.97. The molecule has 0 aliphatic rings. The Morgan fingerprint density at radius 3 is 2.50 bits per heavy atom. The van der Waals surface area contributed by atoms with Crippen LogP contribution in [0.5, 0.6) is 0 Å². The van der Waals surface area contributed by atoms with Crippen molar-refractivity contribution in [1.29, 1.82) is 0 Å². The van der Waals surface area contributed by atoms with Crippen molar-refractivity contribution in [1.82, 2.24) is 4.98 Å². The molecule has 0 fully saturated rings. The zero-order valence-corrected chi connectivity index (χ0v) is 8.81. The van der Waals surface area contributed by atoms with E-state index in [1.54, 1.807) is 12.4 Å². The predicted molar refractivity (Wildman–Crippen MR) is 58.5 cm³/mol. The summed E-state index contributed by atoms with van der Waals surface area (Å²) in [4.78, 5) is 3.52. The largest absolute Gasteiger partial charge is 0.366 e. The van der Waals surface area contributed by atoms with Gasteiger partial charge in [0.05, 0.1) is 4.90 Å². The molecule has 2 nitrogen and oxygen atoms in total. The van der Waals surface area contributed by atoms with Crippen molar-refractivity contribution < 1.29 is 4.21 Å². The molecule has 14 heavy (non-hydrogen) atoms. The smallest absolute Gasteiger partial charge is 0.149 e. The van der Waals surface area contributed by atoms with Gasteiger partial charge in [0.2, 0.25) is 0 Å². The van der Waals surface area contributed by atoms with Gasteiger partial charge in [0.25, 0.3) is 0 Å². The van der Waals surface area contributed by atoms with Crippen LogP contribution >= 0.6 is 10.7 Å². The van der Waals surface area contributed by atoms with Crippen LogP contribution in [0.25, 0.3) is 11.1 Å². The summed E-state index contributed by atoms with van der Waals surface area (Å²) in [7, 11) is 4.08. The number of nitrogens with one attached hydrogen (secondary N) is 1. The topological polar surface area (TPSA) is 32.9 Å². The van der Waals surface area contributed by atoms with Crippen LogP contribution in [0.4, 0.5) is 0 Å². The third kappa shape index (κ3) is 1.74. The van der Waals surface area contributed by atoms with E-state index in [0.717, 1.165) is 11.1 Å². The lowest BCUT2D eigenvalue weighted by Gasteiger charge is -1.98. The molecule has 1 heterocycles. The van der Waals surface area contributed by atoms with E-state index in [-0.39, 0.29) is 0 Å². The molecule has 0 amide bonds. The Morgan fingerprint density at radius 2 is 1.86 bits per heavy atom. The highest BCUT2D eigenvalue weighted by Crippen LogP contribution is 2.26. The molecule has 0 radical (unpaired) electrons. The van der Waals surface area contributed by atoms with Gasteiger partial charge < -0.3 is 4.98 Å². The fourth-order valence-corrected chi connectivity index (χ4v) is 2.22. The van der Waals surface area contributed by atoms with Crippen molar-refractivity contribution >= 4 is 20.7 Å². The maximum atomic E-state index is 11.2. The molecule has 0 aliphatic carbocycles. The molecule has 0 aliphatic heterocycles. The summed E-state index contributed by atoms with van der Waals surface area (Å²) >= 11 is 0. The third-order valence-electron chi connectivity index (χ3n) is 1.97. The van der Waals surface area contributed by atoms with E-state index < -0.39 is 10.0 Å². The van der Waals surface area contributed by atoms with E-state index in [1.807, 2.05) is 30.3 Å². The van der Waals surface area contributed by atoms with Crippen molar-refractivity contribution in [2.24, 2.45) is 0 Å². The molecule has 4 heteroatoms. The van der Waals surface area contributed by atoms with Crippen molar-refractivity contribution in [3.8, 4) is 11.1 Å². The zero-order valence-electron chi connectivity index (χ0n) is 7.24. The summed E-state index contributed by atoms with van der Waals surface area (Å²) in [6.45, 7) is 0. The SMILES string of the molecule is O=S(Cl)c1c[nH]cc1-c1ccccc1. The first-order chi connectivity index (χ1) is 6.79. The first kappa shape index (κ1) is 9.49. The van der Waals surface area contributed by atoms with E-state index in [9.17, 15) is 4.21 Å². The molecule has 1 unspecified atom stereocenters. The molecule has 1 aromatic heterocycles. The highest BCUT2D eigenvalue weighted by Gasteiger charge is 2.09. The van der Waals surface area contributed by atoms with Crippen LogP contribution < -0.4 is 0 Å². The molecular formula is C10H8ClNOS. The fraction of sp³-hybridized carbons (Fsp3) is 0. The number of hydrogen-bond acceptors (Lipinski definition) is 1. The van der Waals surface area contributed by atoms with E-state index in [2.05, 4.69) is 4.98 Å². The summed E-state index contributed by atoms with van der Waals surface area (Å²) in [5.41, 5.74) is 1.90. The van der Waals surface area contributed by atoms with Gasteiger partial charge in [-0.25, -0.2) is 4.21 Å². The minimum Gasteiger partial charge on any atom is -0.366 e. The van der Waals surface area contributed by atoms with E-state index in [0.29, 0.717) is 4.90 Å². The van der Waals surface area contributed by atoms with Crippen molar-refractivity contribution in [2.75, 3.05) is 0 Å². The molecule has 2 aromatic rings. The van der Waals surface area contributed by atoms with Crippen LogP contribution in [0, 0.1) is 0 Å². The Labute approximate surface area is 88.9 Å². The summed E-state index contributed by atoms with van der Waals surface area (Å²) in [5, 5.41) is 0. The summed E-state index contributed by atoms with van der Waals surface area (Å²) in [6.07, 6.45) is 3.45. The molecule has 1 atom stereocenters. The number of rotatable bonds is 2. The van der Waals surface area contributed by atoms with Gasteiger partial charge in [-0.2, -0.15) is 0 Å². The normalized spacial score (nSPS) is 12.6. The first-order valence-corrected chi connectivity index (χ1v) is 6.07. The molecule has 0 saturated carbocycles. The number of aromatic amines is 1. The summed E-state index contributed by atoms with van der Waals surface area (Å²) < 4.78 is 11.2. The summed E-state index contributed by atoms with van der Waals surface area (Å²) in [6, 6.07) is 9.72. The van der Waals surface area contributed by atoms with Gasteiger partial charge >= 0.3 is 0 Å². The van der Waals surface area contributed by atoms with Crippen LogP contribution in [0.3, 0.4) is 0 Å². The van der Waals surface area contributed by atoms with Crippen molar-refractivity contribution in [3.63, 3.8) is 0 Å². The molecule has 1 aromatic carbocycles. The average molecular weight is 226 g/mol. The van der Waals surface area contributed by atoms with Gasteiger partial charge in [0.15, 0.2) is 0 Å². The maximum absolute atomic E-state index is 11.2. The Morgan fingerprint density at radius 1 is 1.14 bits per heavy atom. The minimum absolute atomic E-state index is 0.623. The quantitative estimate of drug-likeness (QED) is 0.784. The molecule has 1 N–H and O–H groups in total. The highest BCUT2D eigenvalue weighted by molar-refractivity contribution is 8.08. The molecule has 0 bridgehead atoms. The Bertz CT molecular complexity index is 452. The second-order valence-electron chi connectivity index (χ2n) is 2.82. The molecular weight excluding hydrogens is 218 g/mol. The number of hydrogen-bond donors (Lipinski definition) is 1. The molecule has 0 saturated heterocycles. The van der Waals surface area contributed by atoms with Gasteiger partial charge in [-0.15, -0.1) is 0 Å². The number of benzene rings is 1. The van der Waals surface area contributed by atoms with E-state index in [1.165, 1.54) is 0 Å². The molecule has 0 spiro atoms. The second-order valence-corrected chi connectivity index (χ2v) is 4.55. The van der Waals surface area contributed by atoms with Crippen LogP contribution in [0.2, 0.25) is 0 Å². The van der Waals surface area contributed by atoms with Gasteiger partial charge in [-0.05, 0) is 16.2 Å². The fourth-order valence-electron chi connectivity index (χ4n) is 1.33. The Balaban J connectivity index is 2.52. The van der Waals surface area contributed by atoms with Gasteiger partial charge in [-0.3, -0.25) is 0 Å². The monoisotopic (exact) mass is 225 g/mol. The van der Waals surface area contributed by atoms with Crippen LogP contribution in [0.15, 0.2) is 47.6 Å². The van der Waals surface area contributed by atoms with Crippen LogP contribution in [-0.2, 0) is 10.0 Å². The van der Waals surface area contributed by atoms with Crippen molar-refractivity contribution in [3.05, 3.63) is 42.7 Å². The lowest BCUT2D eigenvalue weighted by molar-refractivity contribution is 0.691. The standard InChI is InChI=1S/C10H8ClNOS/c11-14(13)10-7-12-6-9(10)8-4-2-1-3-5-8/h1-7,12H. The second kappa shape index (κ2) is 3.98. The Hall–Kier alpha value is -1.06. The van der Waals surface area contributed by atoms with Gasteiger partial charge in [-0.1, -0.05) is 30.3 Å². The first-order valence-electron chi connectivity index (χ1n) is 4.09. The maximum Gasteiger partial charge on any atom is 0.149 e. The molecule has 72 valence electrons. The lowest BCUT2D eigenvalue weighted by atomic mass is 10.1. The van der Waals surface area contributed by atoms with E-state index >= 15 is 0 Å². The minimum atomic E-state index is -1.47. The van der Waals surface area contributed by atoms with Crippen molar-refractivity contribution in [2.45, 2.75) is 4.90 Å². The number of H-pyrrole nitrogens is 1. The highest BCUT2D eigenvalue weighted by atomic mass is 35.7. The lowest BCUT2D eigenvalue weighted by Crippen LogP contribution is -1.82. The predicted octanol–water partition coefficient (Wildman–Crippen LogP) is 2.94. The Kier molecular flexibility index (Phi) is 2.70. The third-order valence-corrected chi connectivity index (χ3v) is 3.15. The van der Waals surface area contributed by atoms with E-state index in [4.69, 9.17) is 10.7 Å². The van der Waals surface area contributed by atoms with Crippen LogP contribution in [-0.4, -0.2) is 9.19 Å². The number of aromatic nitrogens is 1. The number of halogens is 1. The van der Waals surface area contributed by atoms with Crippen LogP contribution in [0.1, 0.15) is 0 Å². The van der Waals surface area contributed by atoms with Gasteiger partial charge in [0, 0.05) is 18.0 Å². The van der Waals surface area contributed by atoms with Gasteiger partial charge in [0.1, 0.15) is 10.0 Å². The summed E-state index contributed by atoms with van der Waals surface area (Å²) in [5.74, 6) is 0. The molecule has 2 rings (SSSR count).